The average Bonchev–Trinajstić information content (AvgIpc) is 1.89. The molecule has 62 valence electrons. The maximum atomic E-state index is 2.38. The molecule has 0 saturated carbocycles. The summed E-state index contributed by atoms with van der Waals surface area (Å²) in [5, 5.41) is 0. The first-order chi connectivity index (χ1) is 4.72. The van der Waals surface area contributed by atoms with Crippen molar-refractivity contribution in [2.24, 2.45) is 11.8 Å². The molecular formula is C10H22. The van der Waals surface area contributed by atoms with Crippen LogP contribution < -0.4 is 0 Å². The van der Waals surface area contributed by atoms with E-state index < -0.39 is 0 Å². The van der Waals surface area contributed by atoms with E-state index in [0.29, 0.717) is 0 Å². The highest BCUT2D eigenvalue weighted by Crippen LogP contribution is 2.20. The summed E-state index contributed by atoms with van der Waals surface area (Å²) in [6.45, 7) is 9.30. The Kier molecular flexibility index (Phi) is 5.76. The van der Waals surface area contributed by atoms with Crippen molar-refractivity contribution in [3.8, 4) is 0 Å². The summed E-state index contributed by atoms with van der Waals surface area (Å²) in [6, 6.07) is 0. The van der Waals surface area contributed by atoms with Crippen molar-refractivity contribution in [3.05, 3.63) is 0 Å². The lowest BCUT2D eigenvalue weighted by Crippen LogP contribution is -2.06. The molecule has 0 saturated heterocycles. The molecule has 0 rings (SSSR count). The zero-order chi connectivity index (χ0) is 7.98. The Bertz CT molecular complexity index is 56.4. The lowest BCUT2D eigenvalue weighted by Gasteiger charge is -2.17. The third kappa shape index (κ3) is 3.92. The van der Waals surface area contributed by atoms with E-state index in [-0.39, 0.29) is 0 Å². The molecule has 0 N–H and O–H groups in total. The topological polar surface area (TPSA) is 0 Å². The molecule has 0 aromatic heterocycles. The van der Waals surface area contributed by atoms with E-state index in [0.717, 1.165) is 11.8 Å². The van der Waals surface area contributed by atoms with Crippen molar-refractivity contribution in [2.75, 3.05) is 0 Å². The Morgan fingerprint density at radius 1 is 0.800 bits per heavy atom. The van der Waals surface area contributed by atoms with Gasteiger partial charge in [0.25, 0.3) is 0 Å². The minimum absolute atomic E-state index is 0.935. The van der Waals surface area contributed by atoms with Gasteiger partial charge in [-0.3, -0.25) is 0 Å². The van der Waals surface area contributed by atoms with Crippen LogP contribution in [0.3, 0.4) is 0 Å². The van der Waals surface area contributed by atoms with Gasteiger partial charge in [0.05, 0.1) is 0 Å². The molecule has 0 aromatic rings. The van der Waals surface area contributed by atoms with Gasteiger partial charge in [-0.05, 0) is 11.8 Å². The predicted molar refractivity (Wildman–Crippen MR) is 48.1 cm³/mol. The molecule has 0 nitrogen and oxygen atoms in total. The number of hydrogen-bond donors (Lipinski definition) is 0. The third-order valence-electron chi connectivity index (χ3n) is 2.46. The van der Waals surface area contributed by atoms with E-state index in [9.17, 15) is 0 Å². The van der Waals surface area contributed by atoms with Crippen LogP contribution in [0.1, 0.15) is 53.4 Å². The highest BCUT2D eigenvalue weighted by molar-refractivity contribution is 4.60. The standard InChI is InChI=1S/C10H22/c1-5-7-9(3)10(4)8-6-2/h9-10H,5-8H2,1-4H3/t9-,10-/m0/s1. The van der Waals surface area contributed by atoms with E-state index in [2.05, 4.69) is 27.7 Å². The van der Waals surface area contributed by atoms with E-state index in [1.54, 1.807) is 0 Å². The second-order valence-electron chi connectivity index (χ2n) is 3.53. The molecule has 0 aliphatic carbocycles. The molecule has 0 bridgehead atoms. The summed E-state index contributed by atoms with van der Waals surface area (Å²) in [7, 11) is 0. The molecule has 0 radical (unpaired) electrons. The van der Waals surface area contributed by atoms with Crippen LogP contribution in [-0.4, -0.2) is 0 Å². The molecule has 10 heavy (non-hydrogen) atoms. The quantitative estimate of drug-likeness (QED) is 0.547. The fraction of sp³-hybridized carbons (Fsp3) is 1.00. The summed E-state index contributed by atoms with van der Waals surface area (Å²) in [6.07, 6.45) is 5.49. The van der Waals surface area contributed by atoms with Gasteiger partial charge in [-0.25, -0.2) is 0 Å². The van der Waals surface area contributed by atoms with Crippen LogP contribution in [0.15, 0.2) is 0 Å². The van der Waals surface area contributed by atoms with E-state index in [1.807, 2.05) is 0 Å². The van der Waals surface area contributed by atoms with Gasteiger partial charge < -0.3 is 0 Å². The van der Waals surface area contributed by atoms with Gasteiger partial charge in [0.2, 0.25) is 0 Å². The average molecular weight is 142 g/mol. The largest absolute Gasteiger partial charge is 0.0654 e. The van der Waals surface area contributed by atoms with Crippen molar-refractivity contribution in [1.82, 2.24) is 0 Å². The molecule has 0 aliphatic rings. The monoisotopic (exact) mass is 142 g/mol. The first-order valence-electron chi connectivity index (χ1n) is 4.72. The molecule has 0 heteroatoms. The molecule has 0 amide bonds. The van der Waals surface area contributed by atoms with Crippen molar-refractivity contribution in [2.45, 2.75) is 53.4 Å². The summed E-state index contributed by atoms with van der Waals surface area (Å²) in [5.41, 5.74) is 0. The van der Waals surface area contributed by atoms with E-state index >= 15 is 0 Å². The molecule has 0 unspecified atom stereocenters. The van der Waals surface area contributed by atoms with Gasteiger partial charge >= 0.3 is 0 Å². The lowest BCUT2D eigenvalue weighted by molar-refractivity contribution is 0.339. The van der Waals surface area contributed by atoms with Crippen LogP contribution in [0.2, 0.25) is 0 Å². The van der Waals surface area contributed by atoms with Gasteiger partial charge in [-0.2, -0.15) is 0 Å². The second-order valence-corrected chi connectivity index (χ2v) is 3.53. The molecule has 0 aromatic carbocycles. The van der Waals surface area contributed by atoms with Crippen molar-refractivity contribution in [1.29, 1.82) is 0 Å². The third-order valence-corrected chi connectivity index (χ3v) is 2.46. The van der Waals surface area contributed by atoms with Gasteiger partial charge in [0.1, 0.15) is 0 Å². The zero-order valence-electron chi connectivity index (χ0n) is 7.98. The van der Waals surface area contributed by atoms with Crippen LogP contribution in [0, 0.1) is 11.8 Å². The first kappa shape index (κ1) is 10.0. The Balaban J connectivity index is 3.38. The van der Waals surface area contributed by atoms with Crippen LogP contribution in [-0.2, 0) is 0 Å². The molecular weight excluding hydrogens is 120 g/mol. The summed E-state index contributed by atoms with van der Waals surface area (Å²) in [4.78, 5) is 0. The zero-order valence-corrected chi connectivity index (χ0v) is 7.98. The summed E-state index contributed by atoms with van der Waals surface area (Å²) >= 11 is 0. The van der Waals surface area contributed by atoms with Crippen LogP contribution in [0.25, 0.3) is 0 Å². The fourth-order valence-corrected chi connectivity index (χ4v) is 1.48. The Labute approximate surface area is 66.0 Å². The van der Waals surface area contributed by atoms with Gasteiger partial charge in [-0.15, -0.1) is 0 Å². The normalized spacial score (nSPS) is 16.8. The van der Waals surface area contributed by atoms with E-state index in [1.165, 1.54) is 25.7 Å². The van der Waals surface area contributed by atoms with Crippen LogP contribution >= 0.6 is 0 Å². The Morgan fingerprint density at radius 3 is 1.30 bits per heavy atom. The molecule has 0 fully saturated rings. The van der Waals surface area contributed by atoms with Gasteiger partial charge in [0, 0.05) is 0 Å². The van der Waals surface area contributed by atoms with Gasteiger partial charge in [-0.1, -0.05) is 53.4 Å². The second kappa shape index (κ2) is 5.76. The smallest absolute Gasteiger partial charge is 0.0417 e. The van der Waals surface area contributed by atoms with Gasteiger partial charge in [0.15, 0.2) is 0 Å². The SMILES string of the molecule is CCC[C@H](C)[C@@H](C)CCC. The fourth-order valence-electron chi connectivity index (χ4n) is 1.48. The van der Waals surface area contributed by atoms with Crippen molar-refractivity contribution < 1.29 is 0 Å². The number of rotatable bonds is 5. The Morgan fingerprint density at radius 2 is 1.10 bits per heavy atom. The molecule has 2 atom stereocenters. The van der Waals surface area contributed by atoms with Crippen molar-refractivity contribution in [3.63, 3.8) is 0 Å². The lowest BCUT2D eigenvalue weighted by atomic mass is 9.89. The molecule has 0 heterocycles. The van der Waals surface area contributed by atoms with Crippen LogP contribution in [0.5, 0.6) is 0 Å². The van der Waals surface area contributed by atoms with E-state index in [4.69, 9.17) is 0 Å². The maximum absolute atomic E-state index is 2.38. The van der Waals surface area contributed by atoms with Crippen molar-refractivity contribution >= 4 is 0 Å². The summed E-state index contributed by atoms with van der Waals surface area (Å²) < 4.78 is 0. The van der Waals surface area contributed by atoms with Crippen LogP contribution in [0.4, 0.5) is 0 Å². The summed E-state index contributed by atoms with van der Waals surface area (Å²) in [5.74, 6) is 1.87. The predicted octanol–water partition coefficient (Wildman–Crippen LogP) is 3.86. The molecule has 0 aliphatic heterocycles. The number of hydrogen-bond acceptors (Lipinski definition) is 0. The first-order valence-corrected chi connectivity index (χ1v) is 4.72. The highest BCUT2D eigenvalue weighted by Gasteiger charge is 2.08. The molecule has 0 spiro atoms. The maximum Gasteiger partial charge on any atom is -0.0417 e. The minimum Gasteiger partial charge on any atom is -0.0654 e. The highest BCUT2D eigenvalue weighted by atomic mass is 14.1. The Hall–Kier alpha value is 0. The minimum atomic E-state index is 0.935.